The predicted molar refractivity (Wildman–Crippen MR) is 81.8 cm³/mol. The zero-order valence-corrected chi connectivity index (χ0v) is 12.1. The Kier molecular flexibility index (Phi) is 4.07. The van der Waals surface area contributed by atoms with Crippen molar-refractivity contribution in [2.24, 2.45) is 0 Å². The van der Waals surface area contributed by atoms with Crippen LogP contribution in [-0.2, 0) is 12.8 Å². The van der Waals surface area contributed by atoms with Crippen LogP contribution in [0.15, 0.2) is 18.2 Å². The highest BCUT2D eigenvalue weighted by Gasteiger charge is 2.17. The Bertz CT molecular complexity index is 427. The third-order valence-corrected chi connectivity index (χ3v) is 4.73. The van der Waals surface area contributed by atoms with Crippen molar-refractivity contribution < 1.29 is 0 Å². The Hall–Kier alpha value is -1.02. The van der Waals surface area contributed by atoms with Crippen LogP contribution in [0, 0.1) is 0 Å². The molecule has 1 unspecified atom stereocenters. The molecule has 1 fully saturated rings. The third kappa shape index (κ3) is 3.11. The van der Waals surface area contributed by atoms with Crippen molar-refractivity contribution in [1.29, 1.82) is 0 Å². The molecule has 104 valence electrons. The summed E-state index contributed by atoms with van der Waals surface area (Å²) in [6, 6.07) is 7.78. The number of piperidine rings is 1. The van der Waals surface area contributed by atoms with Gasteiger partial charge in [0.2, 0.25) is 0 Å². The lowest BCUT2D eigenvalue weighted by molar-refractivity contribution is 0.159. The van der Waals surface area contributed by atoms with E-state index in [0.717, 1.165) is 12.6 Å². The van der Waals surface area contributed by atoms with E-state index >= 15 is 0 Å². The van der Waals surface area contributed by atoms with Gasteiger partial charge in [0, 0.05) is 18.3 Å². The SMILES string of the molecule is CC1CCCCN1CCCc1ccc2c(c1)CCN2. The molecule has 0 aliphatic carbocycles. The molecule has 2 nitrogen and oxygen atoms in total. The predicted octanol–water partition coefficient (Wildman–Crippen LogP) is 3.46. The number of hydrogen-bond donors (Lipinski definition) is 1. The number of rotatable bonds is 4. The summed E-state index contributed by atoms with van der Waals surface area (Å²) in [6.07, 6.45) is 7.95. The van der Waals surface area contributed by atoms with Crippen LogP contribution in [0.4, 0.5) is 5.69 Å². The number of anilines is 1. The molecular weight excluding hydrogens is 232 g/mol. The number of benzene rings is 1. The number of likely N-dealkylation sites (tertiary alicyclic amines) is 1. The lowest BCUT2D eigenvalue weighted by atomic mass is 10.0. The number of aryl methyl sites for hydroxylation is 1. The first-order valence-electron chi connectivity index (χ1n) is 7.92. The first-order chi connectivity index (χ1) is 9.33. The summed E-state index contributed by atoms with van der Waals surface area (Å²) in [5.41, 5.74) is 4.39. The molecule has 2 aliphatic rings. The topological polar surface area (TPSA) is 15.3 Å². The fourth-order valence-corrected chi connectivity index (χ4v) is 3.49. The van der Waals surface area contributed by atoms with Crippen LogP contribution in [0.2, 0.25) is 0 Å². The molecule has 2 heterocycles. The van der Waals surface area contributed by atoms with E-state index in [9.17, 15) is 0 Å². The van der Waals surface area contributed by atoms with Gasteiger partial charge in [0.1, 0.15) is 0 Å². The molecule has 2 aliphatic heterocycles. The van der Waals surface area contributed by atoms with Gasteiger partial charge in [-0.05, 0) is 69.3 Å². The number of nitrogens with zero attached hydrogens (tertiary/aromatic N) is 1. The van der Waals surface area contributed by atoms with E-state index in [1.165, 1.54) is 68.4 Å². The molecule has 0 saturated carbocycles. The molecule has 0 radical (unpaired) electrons. The average molecular weight is 258 g/mol. The van der Waals surface area contributed by atoms with Gasteiger partial charge in [-0.25, -0.2) is 0 Å². The van der Waals surface area contributed by atoms with Crippen molar-refractivity contribution in [3.05, 3.63) is 29.3 Å². The van der Waals surface area contributed by atoms with E-state index in [-0.39, 0.29) is 0 Å². The summed E-state index contributed by atoms with van der Waals surface area (Å²) >= 11 is 0. The first-order valence-corrected chi connectivity index (χ1v) is 7.92. The fourth-order valence-electron chi connectivity index (χ4n) is 3.49. The van der Waals surface area contributed by atoms with Crippen molar-refractivity contribution in [3.8, 4) is 0 Å². The van der Waals surface area contributed by atoms with Gasteiger partial charge >= 0.3 is 0 Å². The maximum atomic E-state index is 3.43. The van der Waals surface area contributed by atoms with Gasteiger partial charge in [-0.15, -0.1) is 0 Å². The van der Waals surface area contributed by atoms with Crippen molar-refractivity contribution in [2.75, 3.05) is 25.0 Å². The minimum atomic E-state index is 0.804. The van der Waals surface area contributed by atoms with Crippen molar-refractivity contribution in [1.82, 2.24) is 4.90 Å². The second-order valence-electron chi connectivity index (χ2n) is 6.15. The van der Waals surface area contributed by atoms with Gasteiger partial charge in [-0.2, -0.15) is 0 Å². The summed E-state index contributed by atoms with van der Waals surface area (Å²) in [5.74, 6) is 0. The smallest absolute Gasteiger partial charge is 0.0373 e. The number of hydrogen-bond acceptors (Lipinski definition) is 2. The Labute approximate surface area is 117 Å². The fraction of sp³-hybridized carbons (Fsp3) is 0.647. The highest BCUT2D eigenvalue weighted by atomic mass is 15.1. The Morgan fingerprint density at radius 3 is 3.16 bits per heavy atom. The number of nitrogens with one attached hydrogen (secondary N) is 1. The zero-order chi connectivity index (χ0) is 13.1. The van der Waals surface area contributed by atoms with E-state index in [0.29, 0.717) is 0 Å². The van der Waals surface area contributed by atoms with Gasteiger partial charge in [0.05, 0.1) is 0 Å². The highest BCUT2D eigenvalue weighted by molar-refractivity contribution is 5.56. The normalized spacial score (nSPS) is 23.1. The van der Waals surface area contributed by atoms with Gasteiger partial charge in [-0.3, -0.25) is 0 Å². The van der Waals surface area contributed by atoms with Crippen LogP contribution in [0.1, 0.15) is 43.7 Å². The van der Waals surface area contributed by atoms with Crippen LogP contribution in [0.3, 0.4) is 0 Å². The van der Waals surface area contributed by atoms with Crippen LogP contribution in [0.25, 0.3) is 0 Å². The van der Waals surface area contributed by atoms with Crippen molar-refractivity contribution in [3.63, 3.8) is 0 Å². The Morgan fingerprint density at radius 2 is 2.26 bits per heavy atom. The summed E-state index contributed by atoms with van der Waals surface area (Å²) < 4.78 is 0. The number of fused-ring (bicyclic) bond motifs is 1. The monoisotopic (exact) mass is 258 g/mol. The largest absolute Gasteiger partial charge is 0.384 e. The molecular formula is C17H26N2. The highest BCUT2D eigenvalue weighted by Crippen LogP contribution is 2.24. The van der Waals surface area contributed by atoms with Crippen molar-refractivity contribution in [2.45, 2.75) is 51.5 Å². The molecule has 0 spiro atoms. The second kappa shape index (κ2) is 5.96. The Morgan fingerprint density at radius 1 is 1.32 bits per heavy atom. The zero-order valence-electron chi connectivity index (χ0n) is 12.1. The molecule has 19 heavy (non-hydrogen) atoms. The lowest BCUT2D eigenvalue weighted by Crippen LogP contribution is -2.38. The molecule has 3 rings (SSSR count). The van der Waals surface area contributed by atoms with E-state index < -0.39 is 0 Å². The van der Waals surface area contributed by atoms with Crippen molar-refractivity contribution >= 4 is 5.69 Å². The van der Waals surface area contributed by atoms with E-state index in [1.807, 2.05) is 0 Å². The molecule has 0 amide bonds. The average Bonchev–Trinajstić information content (AvgIpc) is 2.88. The summed E-state index contributed by atoms with van der Waals surface area (Å²) in [6.45, 7) is 6.09. The first kappa shape index (κ1) is 13.0. The maximum absolute atomic E-state index is 3.43. The summed E-state index contributed by atoms with van der Waals surface area (Å²) in [4.78, 5) is 2.68. The van der Waals surface area contributed by atoms with E-state index in [4.69, 9.17) is 0 Å². The van der Waals surface area contributed by atoms with Crippen LogP contribution in [-0.4, -0.2) is 30.6 Å². The molecule has 1 atom stereocenters. The van der Waals surface area contributed by atoms with Gasteiger partial charge in [0.15, 0.2) is 0 Å². The van der Waals surface area contributed by atoms with Crippen LogP contribution >= 0.6 is 0 Å². The minimum Gasteiger partial charge on any atom is -0.384 e. The van der Waals surface area contributed by atoms with Gasteiger partial charge in [-0.1, -0.05) is 18.6 Å². The molecule has 1 aromatic carbocycles. The third-order valence-electron chi connectivity index (χ3n) is 4.73. The minimum absolute atomic E-state index is 0.804. The summed E-state index contributed by atoms with van der Waals surface area (Å²) in [5, 5.41) is 3.43. The van der Waals surface area contributed by atoms with Crippen LogP contribution in [0.5, 0.6) is 0 Å². The van der Waals surface area contributed by atoms with Gasteiger partial charge in [0.25, 0.3) is 0 Å². The quantitative estimate of drug-likeness (QED) is 0.889. The second-order valence-corrected chi connectivity index (χ2v) is 6.15. The van der Waals surface area contributed by atoms with Crippen LogP contribution < -0.4 is 5.32 Å². The maximum Gasteiger partial charge on any atom is 0.0373 e. The molecule has 2 heteroatoms. The molecule has 0 bridgehead atoms. The lowest BCUT2D eigenvalue weighted by Gasteiger charge is -2.33. The van der Waals surface area contributed by atoms with E-state index in [2.05, 4.69) is 35.3 Å². The van der Waals surface area contributed by atoms with Gasteiger partial charge < -0.3 is 10.2 Å². The molecule has 0 aromatic heterocycles. The molecule has 1 N–H and O–H groups in total. The standard InChI is InChI=1S/C17H26N2/c1-14-5-2-3-11-19(14)12-4-6-15-7-8-17-16(13-15)9-10-18-17/h7-8,13-14,18H,2-6,9-12H2,1H3. The molecule has 1 saturated heterocycles. The Balaban J connectivity index is 1.49. The van der Waals surface area contributed by atoms with E-state index in [1.54, 1.807) is 0 Å². The molecule has 1 aromatic rings. The summed E-state index contributed by atoms with van der Waals surface area (Å²) in [7, 11) is 0.